The van der Waals surface area contributed by atoms with Gasteiger partial charge in [0.15, 0.2) is 0 Å². The molecule has 0 unspecified atom stereocenters. The smallest absolute Gasteiger partial charge is 0.234 e. The third-order valence-electron chi connectivity index (χ3n) is 5.07. The lowest BCUT2D eigenvalue weighted by Crippen LogP contribution is -2.51. The van der Waals surface area contributed by atoms with Gasteiger partial charge in [-0.2, -0.15) is 0 Å². The van der Waals surface area contributed by atoms with Crippen molar-refractivity contribution < 1.29 is 18.7 Å². The summed E-state index contributed by atoms with van der Waals surface area (Å²) < 4.78 is 18.3. The minimum Gasteiger partial charge on any atom is -0.492 e. The zero-order valence-corrected chi connectivity index (χ0v) is 17.3. The van der Waals surface area contributed by atoms with Crippen molar-refractivity contribution in [2.75, 3.05) is 45.9 Å². The van der Waals surface area contributed by atoms with Gasteiger partial charge in [0.25, 0.3) is 0 Å². The minimum atomic E-state index is -0.312. The molecule has 6 nitrogen and oxygen atoms in total. The van der Waals surface area contributed by atoms with E-state index in [4.69, 9.17) is 4.74 Å². The first-order valence-electron chi connectivity index (χ1n) is 10.2. The van der Waals surface area contributed by atoms with Crippen molar-refractivity contribution in [2.24, 2.45) is 0 Å². The Morgan fingerprint density at radius 2 is 1.67 bits per heavy atom. The van der Waals surface area contributed by atoms with Gasteiger partial charge in [0.05, 0.1) is 19.5 Å². The van der Waals surface area contributed by atoms with E-state index in [0.29, 0.717) is 58.0 Å². The summed E-state index contributed by atoms with van der Waals surface area (Å²) in [4.78, 5) is 28.5. The highest BCUT2D eigenvalue weighted by atomic mass is 19.1. The Hall–Kier alpha value is -2.93. The number of aryl methyl sites for hydroxylation is 1. The molecular formula is C23H28FN3O3. The van der Waals surface area contributed by atoms with Gasteiger partial charge in [-0.25, -0.2) is 4.39 Å². The third kappa shape index (κ3) is 6.84. The van der Waals surface area contributed by atoms with Crippen molar-refractivity contribution in [1.29, 1.82) is 0 Å². The maximum atomic E-state index is 12.8. The highest BCUT2D eigenvalue weighted by Crippen LogP contribution is 2.11. The molecule has 160 valence electrons. The second-order valence-electron chi connectivity index (χ2n) is 7.47. The second kappa shape index (κ2) is 10.7. The van der Waals surface area contributed by atoms with Crippen molar-refractivity contribution in [3.63, 3.8) is 0 Å². The van der Waals surface area contributed by atoms with Crippen LogP contribution < -0.4 is 10.1 Å². The maximum Gasteiger partial charge on any atom is 0.234 e. The normalized spacial score (nSPS) is 14.4. The highest BCUT2D eigenvalue weighted by molar-refractivity contribution is 5.79. The molecule has 1 N–H and O–H groups in total. The van der Waals surface area contributed by atoms with Crippen LogP contribution in [0.25, 0.3) is 0 Å². The van der Waals surface area contributed by atoms with Gasteiger partial charge in [-0.1, -0.05) is 29.8 Å². The number of piperazine rings is 1. The summed E-state index contributed by atoms with van der Waals surface area (Å²) in [7, 11) is 0. The molecule has 1 heterocycles. The molecule has 0 saturated carbocycles. The van der Waals surface area contributed by atoms with Crippen molar-refractivity contribution in [3.05, 3.63) is 65.5 Å². The van der Waals surface area contributed by atoms with E-state index in [9.17, 15) is 14.0 Å². The number of hydrogen-bond donors (Lipinski definition) is 1. The van der Waals surface area contributed by atoms with Gasteiger partial charge in [-0.3, -0.25) is 14.5 Å². The number of nitrogens with zero attached hydrogens (tertiary/aromatic N) is 2. The predicted octanol–water partition coefficient (Wildman–Crippen LogP) is 2.02. The molecular weight excluding hydrogens is 385 g/mol. The van der Waals surface area contributed by atoms with Gasteiger partial charge in [0.1, 0.15) is 18.2 Å². The highest BCUT2D eigenvalue weighted by Gasteiger charge is 2.22. The Bertz CT molecular complexity index is 832. The summed E-state index contributed by atoms with van der Waals surface area (Å²) in [6.45, 7) is 5.65. The number of benzene rings is 2. The third-order valence-corrected chi connectivity index (χ3v) is 5.07. The van der Waals surface area contributed by atoms with Crippen LogP contribution in [0.2, 0.25) is 0 Å². The number of amides is 2. The number of hydrogen-bond acceptors (Lipinski definition) is 4. The molecule has 1 fully saturated rings. The molecule has 1 aliphatic heterocycles. The van der Waals surface area contributed by atoms with E-state index in [-0.39, 0.29) is 17.6 Å². The number of halogens is 1. The summed E-state index contributed by atoms with van der Waals surface area (Å²) in [6.07, 6.45) is 0.412. The van der Waals surface area contributed by atoms with Crippen LogP contribution in [0, 0.1) is 12.7 Å². The van der Waals surface area contributed by atoms with E-state index < -0.39 is 0 Å². The second-order valence-corrected chi connectivity index (χ2v) is 7.47. The van der Waals surface area contributed by atoms with E-state index in [1.807, 2.05) is 41.0 Å². The first-order valence-corrected chi connectivity index (χ1v) is 10.2. The van der Waals surface area contributed by atoms with Gasteiger partial charge >= 0.3 is 0 Å². The molecule has 0 atom stereocenters. The van der Waals surface area contributed by atoms with Crippen LogP contribution in [0.3, 0.4) is 0 Å². The molecule has 2 aromatic rings. The summed E-state index contributed by atoms with van der Waals surface area (Å²) in [5.41, 5.74) is 2.20. The fourth-order valence-electron chi connectivity index (χ4n) is 3.30. The molecule has 0 bridgehead atoms. The van der Waals surface area contributed by atoms with Crippen molar-refractivity contribution in [2.45, 2.75) is 13.3 Å². The molecule has 1 saturated heterocycles. The van der Waals surface area contributed by atoms with Crippen LogP contribution in [0.5, 0.6) is 5.75 Å². The van der Waals surface area contributed by atoms with Crippen molar-refractivity contribution in [3.8, 4) is 5.75 Å². The topological polar surface area (TPSA) is 61.9 Å². The number of carbonyl (C=O) groups is 2. The standard InChI is InChI=1S/C23H28FN3O3/c1-18-2-4-19(5-3-18)16-23(29)27-13-11-26(12-14-27)17-22(28)25-10-15-30-21-8-6-20(24)7-9-21/h2-9H,10-17H2,1H3,(H,25,28). The molecule has 0 spiro atoms. The number of carbonyl (C=O) groups excluding carboxylic acids is 2. The van der Waals surface area contributed by atoms with Gasteiger partial charge in [-0.05, 0) is 36.8 Å². The molecule has 2 amide bonds. The molecule has 0 aromatic heterocycles. The lowest BCUT2D eigenvalue weighted by atomic mass is 10.1. The molecule has 0 radical (unpaired) electrons. The van der Waals surface area contributed by atoms with Gasteiger partial charge in [-0.15, -0.1) is 0 Å². The Labute approximate surface area is 176 Å². The number of ether oxygens (including phenoxy) is 1. The molecule has 7 heteroatoms. The first kappa shape index (κ1) is 21.8. The molecule has 1 aliphatic rings. The minimum absolute atomic E-state index is 0.0721. The average molecular weight is 413 g/mol. The first-order chi connectivity index (χ1) is 14.5. The van der Waals surface area contributed by atoms with Crippen LogP contribution in [0.1, 0.15) is 11.1 Å². The lowest BCUT2D eigenvalue weighted by molar-refractivity contribution is -0.132. The van der Waals surface area contributed by atoms with Crippen LogP contribution >= 0.6 is 0 Å². The summed E-state index contributed by atoms with van der Waals surface area (Å²) in [6, 6.07) is 13.8. The molecule has 0 aliphatic carbocycles. The van der Waals surface area contributed by atoms with Crippen LogP contribution in [0.15, 0.2) is 48.5 Å². The average Bonchev–Trinajstić information content (AvgIpc) is 2.74. The molecule has 3 rings (SSSR count). The Morgan fingerprint density at radius 1 is 1.00 bits per heavy atom. The van der Waals surface area contributed by atoms with Crippen LogP contribution in [0.4, 0.5) is 4.39 Å². The zero-order valence-electron chi connectivity index (χ0n) is 17.3. The Balaban J connectivity index is 1.30. The predicted molar refractivity (Wildman–Crippen MR) is 113 cm³/mol. The van der Waals surface area contributed by atoms with Crippen LogP contribution in [-0.2, 0) is 16.0 Å². The van der Waals surface area contributed by atoms with E-state index in [1.54, 1.807) is 12.1 Å². The van der Waals surface area contributed by atoms with E-state index in [2.05, 4.69) is 5.32 Å². The fourth-order valence-corrected chi connectivity index (χ4v) is 3.30. The summed E-state index contributed by atoms with van der Waals surface area (Å²) in [5.74, 6) is 0.308. The van der Waals surface area contributed by atoms with E-state index >= 15 is 0 Å². The van der Waals surface area contributed by atoms with Gasteiger partial charge in [0, 0.05) is 26.2 Å². The SMILES string of the molecule is Cc1ccc(CC(=O)N2CCN(CC(=O)NCCOc3ccc(F)cc3)CC2)cc1. The fraction of sp³-hybridized carbons (Fsp3) is 0.391. The largest absolute Gasteiger partial charge is 0.492 e. The van der Waals surface area contributed by atoms with Crippen LogP contribution in [-0.4, -0.2) is 67.5 Å². The van der Waals surface area contributed by atoms with Gasteiger partial charge < -0.3 is 15.0 Å². The Morgan fingerprint density at radius 3 is 2.33 bits per heavy atom. The zero-order chi connectivity index (χ0) is 21.3. The van der Waals surface area contributed by atoms with E-state index in [1.165, 1.54) is 17.7 Å². The number of nitrogens with one attached hydrogen (secondary N) is 1. The quantitative estimate of drug-likeness (QED) is 0.673. The van der Waals surface area contributed by atoms with E-state index in [0.717, 1.165) is 5.56 Å². The number of rotatable bonds is 8. The lowest BCUT2D eigenvalue weighted by Gasteiger charge is -2.34. The molecule has 2 aromatic carbocycles. The van der Waals surface area contributed by atoms with Crippen molar-refractivity contribution >= 4 is 11.8 Å². The summed E-state index contributed by atoms with van der Waals surface area (Å²) >= 11 is 0. The van der Waals surface area contributed by atoms with Crippen molar-refractivity contribution in [1.82, 2.24) is 15.1 Å². The monoisotopic (exact) mass is 413 g/mol. The molecule has 30 heavy (non-hydrogen) atoms. The summed E-state index contributed by atoms with van der Waals surface area (Å²) in [5, 5.41) is 2.82. The maximum absolute atomic E-state index is 12.8. The Kier molecular flexibility index (Phi) is 7.79. The van der Waals surface area contributed by atoms with Gasteiger partial charge in [0.2, 0.25) is 11.8 Å².